The van der Waals surface area contributed by atoms with Gasteiger partial charge in [0.15, 0.2) is 9.84 Å². The minimum Gasteiger partial charge on any atom is -0.506 e. The van der Waals surface area contributed by atoms with Gasteiger partial charge in [-0.2, -0.15) is 0 Å². The molecule has 0 atom stereocenters. The van der Waals surface area contributed by atoms with Crippen LogP contribution in [-0.4, -0.2) is 30.7 Å². The SMILES string of the molecule is CS(=O)(=O)c1ccc(NC(=O)c2cncc(O)c2)cc1. The van der Waals surface area contributed by atoms with Gasteiger partial charge in [0.2, 0.25) is 0 Å². The first-order valence-electron chi connectivity index (χ1n) is 5.62. The van der Waals surface area contributed by atoms with E-state index in [9.17, 15) is 18.3 Å². The summed E-state index contributed by atoms with van der Waals surface area (Å²) in [5, 5.41) is 11.8. The molecular formula is C13H12N2O4S. The molecule has 1 heterocycles. The minimum atomic E-state index is -3.26. The molecule has 0 radical (unpaired) electrons. The van der Waals surface area contributed by atoms with Gasteiger partial charge in [0, 0.05) is 18.1 Å². The fourth-order valence-corrected chi connectivity index (χ4v) is 2.17. The van der Waals surface area contributed by atoms with Crippen LogP contribution in [-0.2, 0) is 9.84 Å². The number of nitrogens with zero attached hydrogens (tertiary/aromatic N) is 1. The normalized spacial score (nSPS) is 11.1. The van der Waals surface area contributed by atoms with Crippen LogP contribution in [0.15, 0.2) is 47.6 Å². The summed E-state index contributed by atoms with van der Waals surface area (Å²) in [6.45, 7) is 0. The molecule has 0 aliphatic rings. The van der Waals surface area contributed by atoms with Gasteiger partial charge in [-0.05, 0) is 30.3 Å². The molecule has 0 bridgehead atoms. The number of carbonyl (C=O) groups excluding carboxylic acids is 1. The molecule has 1 aromatic heterocycles. The van der Waals surface area contributed by atoms with Crippen LogP contribution in [0.1, 0.15) is 10.4 Å². The molecule has 1 amide bonds. The number of amides is 1. The molecule has 2 rings (SSSR count). The maximum absolute atomic E-state index is 11.9. The molecule has 6 nitrogen and oxygen atoms in total. The molecule has 20 heavy (non-hydrogen) atoms. The molecule has 0 fully saturated rings. The van der Waals surface area contributed by atoms with Gasteiger partial charge in [0.1, 0.15) is 5.75 Å². The number of anilines is 1. The number of carbonyl (C=O) groups is 1. The van der Waals surface area contributed by atoms with E-state index in [1.165, 1.54) is 42.7 Å². The predicted octanol–water partition coefficient (Wildman–Crippen LogP) is 1.44. The number of aromatic hydroxyl groups is 1. The van der Waals surface area contributed by atoms with Gasteiger partial charge in [-0.15, -0.1) is 0 Å². The summed E-state index contributed by atoms with van der Waals surface area (Å²) in [6.07, 6.45) is 3.65. The molecule has 0 unspecified atom stereocenters. The summed E-state index contributed by atoms with van der Waals surface area (Å²) in [4.78, 5) is 15.7. The van der Waals surface area contributed by atoms with Crippen LogP contribution in [0.25, 0.3) is 0 Å². The highest BCUT2D eigenvalue weighted by Gasteiger charge is 2.09. The second kappa shape index (κ2) is 5.30. The maximum atomic E-state index is 11.9. The zero-order valence-electron chi connectivity index (χ0n) is 10.6. The third kappa shape index (κ3) is 3.33. The number of pyridine rings is 1. The van der Waals surface area contributed by atoms with Crippen molar-refractivity contribution in [2.75, 3.05) is 11.6 Å². The van der Waals surface area contributed by atoms with Gasteiger partial charge in [0.05, 0.1) is 16.7 Å². The van der Waals surface area contributed by atoms with E-state index in [1.807, 2.05) is 0 Å². The number of sulfone groups is 1. The Morgan fingerprint density at radius 2 is 1.85 bits per heavy atom. The Labute approximate surface area is 116 Å². The molecule has 2 N–H and O–H groups in total. The van der Waals surface area contributed by atoms with Crippen LogP contribution in [0.5, 0.6) is 5.75 Å². The first-order valence-corrected chi connectivity index (χ1v) is 7.51. The zero-order chi connectivity index (χ0) is 14.8. The number of hydrogen-bond acceptors (Lipinski definition) is 5. The summed E-state index contributed by atoms with van der Waals surface area (Å²) >= 11 is 0. The first-order chi connectivity index (χ1) is 9.36. The molecule has 0 aliphatic carbocycles. The van der Waals surface area contributed by atoms with Crippen LogP contribution >= 0.6 is 0 Å². The van der Waals surface area contributed by atoms with E-state index in [4.69, 9.17) is 0 Å². The lowest BCUT2D eigenvalue weighted by atomic mass is 10.2. The molecule has 0 spiro atoms. The van der Waals surface area contributed by atoms with Crippen LogP contribution in [0.2, 0.25) is 0 Å². The lowest BCUT2D eigenvalue weighted by Gasteiger charge is -2.06. The quantitative estimate of drug-likeness (QED) is 0.892. The van der Waals surface area contributed by atoms with Gasteiger partial charge in [-0.3, -0.25) is 9.78 Å². The van der Waals surface area contributed by atoms with Crippen molar-refractivity contribution in [3.05, 3.63) is 48.3 Å². The van der Waals surface area contributed by atoms with E-state index in [-0.39, 0.29) is 16.2 Å². The third-order valence-electron chi connectivity index (χ3n) is 2.53. The molecule has 1 aromatic carbocycles. The number of aromatic nitrogens is 1. The third-order valence-corrected chi connectivity index (χ3v) is 3.65. The van der Waals surface area contributed by atoms with Gasteiger partial charge < -0.3 is 10.4 Å². The summed E-state index contributed by atoms with van der Waals surface area (Å²) < 4.78 is 22.6. The zero-order valence-corrected chi connectivity index (χ0v) is 11.4. The molecule has 104 valence electrons. The van der Waals surface area contributed by atoms with E-state index in [0.29, 0.717) is 5.69 Å². The second-order valence-electron chi connectivity index (χ2n) is 4.18. The molecule has 2 aromatic rings. The average Bonchev–Trinajstić information content (AvgIpc) is 2.38. The fraction of sp³-hybridized carbons (Fsp3) is 0.0769. The predicted molar refractivity (Wildman–Crippen MR) is 73.4 cm³/mol. The Hall–Kier alpha value is -2.41. The number of hydrogen-bond donors (Lipinski definition) is 2. The summed E-state index contributed by atoms with van der Waals surface area (Å²) in [5.74, 6) is -0.550. The van der Waals surface area contributed by atoms with Crippen LogP contribution in [0.3, 0.4) is 0 Å². The summed E-state index contributed by atoms with van der Waals surface area (Å²) in [7, 11) is -3.26. The lowest BCUT2D eigenvalue weighted by molar-refractivity contribution is 0.102. The Bertz CT molecular complexity index is 739. The van der Waals surface area contributed by atoms with E-state index in [2.05, 4.69) is 10.3 Å². The standard InChI is InChI=1S/C13H12N2O4S/c1-20(18,19)12-4-2-10(3-5-12)15-13(17)9-6-11(16)8-14-7-9/h2-8,16H,1H3,(H,15,17). The number of nitrogens with one attached hydrogen (secondary N) is 1. The highest BCUT2D eigenvalue weighted by molar-refractivity contribution is 7.90. The Balaban J connectivity index is 2.16. The van der Waals surface area contributed by atoms with E-state index in [1.54, 1.807) is 0 Å². The smallest absolute Gasteiger partial charge is 0.257 e. The topological polar surface area (TPSA) is 96.4 Å². The van der Waals surface area contributed by atoms with Gasteiger partial charge >= 0.3 is 0 Å². The van der Waals surface area contributed by atoms with E-state index < -0.39 is 15.7 Å². The van der Waals surface area contributed by atoms with Gasteiger partial charge in [0.25, 0.3) is 5.91 Å². The lowest BCUT2D eigenvalue weighted by Crippen LogP contribution is -2.12. The number of benzene rings is 1. The second-order valence-corrected chi connectivity index (χ2v) is 6.20. The van der Waals surface area contributed by atoms with Gasteiger partial charge in [-0.25, -0.2) is 8.42 Å². The van der Waals surface area contributed by atoms with Crippen molar-refractivity contribution in [3.8, 4) is 5.75 Å². The van der Waals surface area contributed by atoms with E-state index >= 15 is 0 Å². The Kier molecular flexibility index (Phi) is 3.71. The fourth-order valence-electron chi connectivity index (χ4n) is 1.54. The van der Waals surface area contributed by atoms with Crippen molar-refractivity contribution in [1.29, 1.82) is 0 Å². The highest BCUT2D eigenvalue weighted by atomic mass is 32.2. The van der Waals surface area contributed by atoms with Crippen molar-refractivity contribution in [1.82, 2.24) is 4.98 Å². The first kappa shape index (κ1) is 14.0. The Morgan fingerprint density at radius 3 is 2.40 bits per heavy atom. The van der Waals surface area contributed by atoms with Crippen molar-refractivity contribution in [3.63, 3.8) is 0 Å². The average molecular weight is 292 g/mol. The van der Waals surface area contributed by atoms with Crippen LogP contribution in [0, 0.1) is 0 Å². The minimum absolute atomic E-state index is 0.106. The van der Waals surface area contributed by atoms with Crippen LogP contribution in [0.4, 0.5) is 5.69 Å². The number of rotatable bonds is 3. The summed E-state index contributed by atoms with van der Waals surface area (Å²) in [5.41, 5.74) is 0.655. The van der Waals surface area contributed by atoms with Crippen LogP contribution < -0.4 is 5.32 Å². The molecular weight excluding hydrogens is 280 g/mol. The van der Waals surface area contributed by atoms with Crippen molar-refractivity contribution >= 4 is 21.4 Å². The van der Waals surface area contributed by atoms with Gasteiger partial charge in [-0.1, -0.05) is 0 Å². The molecule has 0 saturated carbocycles. The summed E-state index contributed by atoms with van der Waals surface area (Å²) in [6, 6.07) is 7.08. The maximum Gasteiger partial charge on any atom is 0.257 e. The van der Waals surface area contributed by atoms with Crippen molar-refractivity contribution in [2.45, 2.75) is 4.90 Å². The molecule has 7 heteroatoms. The largest absolute Gasteiger partial charge is 0.506 e. The molecule has 0 aliphatic heterocycles. The Morgan fingerprint density at radius 1 is 1.20 bits per heavy atom. The van der Waals surface area contributed by atoms with Crippen molar-refractivity contribution < 1.29 is 18.3 Å². The van der Waals surface area contributed by atoms with E-state index in [0.717, 1.165) is 6.26 Å². The molecule has 0 saturated heterocycles. The van der Waals surface area contributed by atoms with Crippen molar-refractivity contribution in [2.24, 2.45) is 0 Å². The monoisotopic (exact) mass is 292 g/mol. The highest BCUT2D eigenvalue weighted by Crippen LogP contribution is 2.15.